The summed E-state index contributed by atoms with van der Waals surface area (Å²) in [7, 11) is 0. The molecule has 0 radical (unpaired) electrons. The number of carbonyl (C=O) groups is 1. The molecule has 0 saturated heterocycles. The van der Waals surface area contributed by atoms with E-state index in [-0.39, 0.29) is 11.4 Å². The van der Waals surface area contributed by atoms with Gasteiger partial charge in [-0.25, -0.2) is 4.98 Å². The number of rotatable bonds is 5. The van der Waals surface area contributed by atoms with Crippen LogP contribution in [0.3, 0.4) is 0 Å². The second-order valence-electron chi connectivity index (χ2n) is 6.48. The van der Waals surface area contributed by atoms with E-state index in [0.29, 0.717) is 33.2 Å². The Morgan fingerprint density at radius 1 is 1.10 bits per heavy atom. The smallest absolute Gasteiger partial charge is 0.308 e. The number of carbonyl (C=O) groups excluding carboxylic acids is 1. The first kappa shape index (κ1) is 20.9. The lowest BCUT2D eigenvalue weighted by Gasteiger charge is -2.14. The Bertz CT molecular complexity index is 1190. The van der Waals surface area contributed by atoms with Crippen molar-refractivity contribution in [2.45, 2.75) is 24.6 Å². The van der Waals surface area contributed by atoms with E-state index in [4.69, 9.17) is 10.5 Å². The van der Waals surface area contributed by atoms with Gasteiger partial charge in [0.1, 0.15) is 34.3 Å². The highest BCUT2D eigenvalue weighted by atomic mass is 32.2. The standard InChI is InChI=1S/C23H18N4O2S/c1-14-5-3-4-6-17(14)13-30-23-20(12-25)21(19(11-24)22(26)27-23)16-7-9-18(10-8-16)29-15(2)28/h3-10H,13H2,1-2H3,(H2,26,27). The second-order valence-corrected chi connectivity index (χ2v) is 7.45. The fourth-order valence-electron chi connectivity index (χ4n) is 2.96. The molecule has 0 aliphatic heterocycles. The third-order valence-corrected chi connectivity index (χ3v) is 5.47. The molecule has 0 spiro atoms. The molecule has 2 aromatic carbocycles. The fraction of sp³-hybridized carbons (Fsp3) is 0.130. The number of aryl methyl sites for hydroxylation is 1. The third-order valence-electron chi connectivity index (χ3n) is 4.45. The zero-order chi connectivity index (χ0) is 21.7. The molecular weight excluding hydrogens is 396 g/mol. The molecule has 7 heteroatoms. The molecule has 0 aliphatic carbocycles. The summed E-state index contributed by atoms with van der Waals surface area (Å²) >= 11 is 1.40. The summed E-state index contributed by atoms with van der Waals surface area (Å²) in [6, 6.07) is 18.8. The van der Waals surface area contributed by atoms with E-state index < -0.39 is 5.97 Å². The van der Waals surface area contributed by atoms with Crippen molar-refractivity contribution in [3.8, 4) is 29.0 Å². The maximum atomic E-state index is 11.1. The largest absolute Gasteiger partial charge is 0.427 e. The first-order chi connectivity index (χ1) is 14.4. The van der Waals surface area contributed by atoms with Gasteiger partial charge in [0.2, 0.25) is 0 Å². The molecule has 148 valence electrons. The lowest BCUT2D eigenvalue weighted by atomic mass is 9.97. The molecular formula is C23H18N4O2S. The van der Waals surface area contributed by atoms with Crippen molar-refractivity contribution < 1.29 is 9.53 Å². The summed E-state index contributed by atoms with van der Waals surface area (Å²) in [6.45, 7) is 3.34. The Morgan fingerprint density at radius 3 is 2.37 bits per heavy atom. The number of hydrogen-bond donors (Lipinski definition) is 1. The number of nitrogens with zero attached hydrogens (tertiary/aromatic N) is 3. The maximum absolute atomic E-state index is 11.1. The molecule has 6 nitrogen and oxygen atoms in total. The van der Waals surface area contributed by atoms with E-state index in [0.717, 1.165) is 11.1 Å². The second kappa shape index (κ2) is 9.13. The molecule has 0 aliphatic rings. The summed E-state index contributed by atoms with van der Waals surface area (Å²) in [5.41, 5.74) is 9.81. The van der Waals surface area contributed by atoms with Gasteiger partial charge in [-0.1, -0.05) is 36.4 Å². The van der Waals surface area contributed by atoms with Crippen LogP contribution in [-0.4, -0.2) is 11.0 Å². The van der Waals surface area contributed by atoms with Crippen LogP contribution in [0, 0.1) is 29.6 Å². The highest BCUT2D eigenvalue weighted by Gasteiger charge is 2.20. The van der Waals surface area contributed by atoms with Gasteiger partial charge in [-0.05, 0) is 35.7 Å². The van der Waals surface area contributed by atoms with Gasteiger partial charge in [-0.2, -0.15) is 10.5 Å². The Hall–Kier alpha value is -3.81. The van der Waals surface area contributed by atoms with Crippen LogP contribution in [0.4, 0.5) is 5.82 Å². The maximum Gasteiger partial charge on any atom is 0.308 e. The van der Waals surface area contributed by atoms with E-state index in [9.17, 15) is 15.3 Å². The number of nitrogens with two attached hydrogens (primary N) is 1. The predicted octanol–water partition coefficient (Wildman–Crippen LogP) is 4.60. The molecule has 0 unspecified atom stereocenters. The van der Waals surface area contributed by atoms with Gasteiger partial charge in [-0.3, -0.25) is 4.79 Å². The zero-order valence-corrected chi connectivity index (χ0v) is 17.3. The number of nitrogen functional groups attached to an aromatic ring is 1. The number of esters is 1. The first-order valence-electron chi connectivity index (χ1n) is 9.04. The molecule has 30 heavy (non-hydrogen) atoms. The minimum absolute atomic E-state index is 0.0721. The lowest BCUT2D eigenvalue weighted by Crippen LogP contribution is -2.04. The molecule has 0 atom stereocenters. The molecule has 1 heterocycles. The van der Waals surface area contributed by atoms with Crippen LogP contribution >= 0.6 is 11.8 Å². The number of benzene rings is 2. The van der Waals surface area contributed by atoms with Crippen molar-refractivity contribution in [3.63, 3.8) is 0 Å². The summed E-state index contributed by atoms with van der Waals surface area (Å²) in [5, 5.41) is 20.0. The number of ether oxygens (including phenoxy) is 1. The van der Waals surface area contributed by atoms with Gasteiger partial charge in [-0.15, -0.1) is 11.8 Å². The highest BCUT2D eigenvalue weighted by Crippen LogP contribution is 2.37. The van der Waals surface area contributed by atoms with Gasteiger partial charge in [0.05, 0.1) is 5.56 Å². The monoisotopic (exact) mass is 414 g/mol. The number of anilines is 1. The van der Waals surface area contributed by atoms with Crippen molar-refractivity contribution in [1.29, 1.82) is 10.5 Å². The number of nitriles is 2. The molecule has 0 amide bonds. The van der Waals surface area contributed by atoms with E-state index in [1.165, 1.54) is 18.7 Å². The Labute approximate surface area is 178 Å². The number of thioether (sulfide) groups is 1. The number of pyridine rings is 1. The van der Waals surface area contributed by atoms with E-state index in [1.807, 2.05) is 31.2 Å². The van der Waals surface area contributed by atoms with Gasteiger partial charge in [0, 0.05) is 18.2 Å². The van der Waals surface area contributed by atoms with Crippen LogP contribution in [0.1, 0.15) is 29.2 Å². The molecule has 3 aromatic rings. The summed E-state index contributed by atoms with van der Waals surface area (Å²) < 4.78 is 5.05. The van der Waals surface area contributed by atoms with Crippen LogP contribution in [0.2, 0.25) is 0 Å². The van der Waals surface area contributed by atoms with Crippen molar-refractivity contribution in [2.75, 3.05) is 5.73 Å². The topological polar surface area (TPSA) is 113 Å². The molecule has 0 bridgehead atoms. The quantitative estimate of drug-likeness (QED) is 0.369. The van der Waals surface area contributed by atoms with Crippen LogP contribution in [0.15, 0.2) is 53.6 Å². The van der Waals surface area contributed by atoms with Gasteiger partial charge >= 0.3 is 5.97 Å². The van der Waals surface area contributed by atoms with Crippen LogP contribution in [0.5, 0.6) is 5.75 Å². The normalized spacial score (nSPS) is 10.1. The average molecular weight is 414 g/mol. The van der Waals surface area contributed by atoms with Crippen molar-refractivity contribution in [3.05, 3.63) is 70.8 Å². The fourth-order valence-corrected chi connectivity index (χ4v) is 4.04. The van der Waals surface area contributed by atoms with Crippen LogP contribution in [0.25, 0.3) is 11.1 Å². The summed E-state index contributed by atoms with van der Waals surface area (Å²) in [6.07, 6.45) is 0. The van der Waals surface area contributed by atoms with E-state index in [2.05, 4.69) is 17.1 Å². The molecule has 3 rings (SSSR count). The lowest BCUT2D eigenvalue weighted by molar-refractivity contribution is -0.131. The Kier molecular flexibility index (Phi) is 6.36. The summed E-state index contributed by atoms with van der Waals surface area (Å²) in [4.78, 5) is 15.5. The minimum Gasteiger partial charge on any atom is -0.427 e. The van der Waals surface area contributed by atoms with Gasteiger partial charge in [0.15, 0.2) is 0 Å². The Morgan fingerprint density at radius 2 is 1.77 bits per heavy atom. The number of hydrogen-bond acceptors (Lipinski definition) is 7. The first-order valence-corrected chi connectivity index (χ1v) is 10.0. The van der Waals surface area contributed by atoms with Crippen molar-refractivity contribution >= 4 is 23.5 Å². The van der Waals surface area contributed by atoms with Gasteiger partial charge < -0.3 is 10.5 Å². The highest BCUT2D eigenvalue weighted by molar-refractivity contribution is 7.98. The minimum atomic E-state index is -0.429. The molecule has 0 fully saturated rings. The molecule has 0 saturated carbocycles. The zero-order valence-electron chi connectivity index (χ0n) is 16.5. The van der Waals surface area contributed by atoms with Crippen molar-refractivity contribution in [2.24, 2.45) is 0 Å². The Balaban J connectivity index is 2.06. The van der Waals surface area contributed by atoms with Crippen LogP contribution in [-0.2, 0) is 10.5 Å². The molecule has 2 N–H and O–H groups in total. The van der Waals surface area contributed by atoms with Crippen molar-refractivity contribution in [1.82, 2.24) is 4.98 Å². The SMILES string of the molecule is CC(=O)Oc1ccc(-c2c(C#N)c(N)nc(SCc3ccccc3C)c2C#N)cc1. The predicted molar refractivity (Wildman–Crippen MR) is 116 cm³/mol. The van der Waals surface area contributed by atoms with Crippen LogP contribution < -0.4 is 10.5 Å². The third kappa shape index (κ3) is 4.43. The molecule has 1 aromatic heterocycles. The van der Waals surface area contributed by atoms with E-state index >= 15 is 0 Å². The van der Waals surface area contributed by atoms with E-state index in [1.54, 1.807) is 24.3 Å². The average Bonchev–Trinajstić information content (AvgIpc) is 2.73. The number of aromatic nitrogens is 1. The summed E-state index contributed by atoms with van der Waals surface area (Å²) in [5.74, 6) is 0.633. The van der Waals surface area contributed by atoms with Gasteiger partial charge in [0.25, 0.3) is 0 Å².